The normalized spacial score (nSPS) is 11.9. The zero-order valence-electron chi connectivity index (χ0n) is 8.45. The average Bonchev–Trinajstić information content (AvgIpc) is 2.18. The van der Waals surface area contributed by atoms with Gasteiger partial charge in [0.15, 0.2) is 0 Å². The van der Waals surface area contributed by atoms with Gasteiger partial charge in [0.1, 0.15) is 5.75 Å². The molecule has 2 N–H and O–H groups in total. The molecule has 1 aromatic carbocycles. The molecule has 0 bridgehead atoms. The van der Waals surface area contributed by atoms with E-state index in [2.05, 4.69) is 6.07 Å². The van der Waals surface area contributed by atoms with E-state index in [-0.39, 0.29) is 6.04 Å². The number of methoxy groups -OCH3 is 1. The Labute approximate surface area is 84.1 Å². The van der Waals surface area contributed by atoms with Gasteiger partial charge in [-0.1, -0.05) is 6.07 Å². The van der Waals surface area contributed by atoms with E-state index in [9.17, 15) is 0 Å². The van der Waals surface area contributed by atoms with Crippen molar-refractivity contribution in [3.63, 3.8) is 0 Å². The van der Waals surface area contributed by atoms with Gasteiger partial charge >= 0.3 is 0 Å². The molecule has 0 aromatic heterocycles. The van der Waals surface area contributed by atoms with Crippen molar-refractivity contribution in [2.45, 2.75) is 19.4 Å². The maximum Gasteiger partial charge on any atom is 0.123 e. The third-order valence-electron chi connectivity index (χ3n) is 2.10. The van der Waals surface area contributed by atoms with Crippen molar-refractivity contribution < 1.29 is 4.74 Å². The third kappa shape index (κ3) is 2.24. The molecule has 0 aliphatic heterocycles. The molecule has 3 heteroatoms. The summed E-state index contributed by atoms with van der Waals surface area (Å²) < 4.78 is 5.14. The van der Waals surface area contributed by atoms with Crippen molar-refractivity contribution in [3.8, 4) is 11.8 Å². The largest absolute Gasteiger partial charge is 0.496 e. The van der Waals surface area contributed by atoms with Crippen LogP contribution in [0.4, 0.5) is 0 Å². The standard InChI is InChI=1S/C11H14N2O/c1-8(13)9-3-4-11(14-2)10(7-9)5-6-12/h3-4,7-8H,5,13H2,1-2H3/t8-/m0/s1. The van der Waals surface area contributed by atoms with Crippen molar-refractivity contribution in [3.05, 3.63) is 29.3 Å². The lowest BCUT2D eigenvalue weighted by atomic mass is 10.0. The van der Waals surface area contributed by atoms with Crippen LogP contribution < -0.4 is 10.5 Å². The molecule has 1 rings (SSSR count). The molecule has 74 valence electrons. The molecule has 0 spiro atoms. The number of hydrogen-bond donors (Lipinski definition) is 1. The molecule has 0 unspecified atom stereocenters. The van der Waals surface area contributed by atoms with Crippen LogP contribution in [-0.2, 0) is 6.42 Å². The van der Waals surface area contributed by atoms with Crippen LogP contribution in [0.3, 0.4) is 0 Å². The van der Waals surface area contributed by atoms with Crippen molar-refractivity contribution in [2.75, 3.05) is 7.11 Å². The van der Waals surface area contributed by atoms with Crippen LogP contribution in [0.25, 0.3) is 0 Å². The van der Waals surface area contributed by atoms with Crippen LogP contribution in [-0.4, -0.2) is 7.11 Å². The molecule has 0 aliphatic rings. The topological polar surface area (TPSA) is 59.0 Å². The first-order valence-electron chi connectivity index (χ1n) is 4.48. The Morgan fingerprint density at radius 1 is 1.57 bits per heavy atom. The van der Waals surface area contributed by atoms with Gasteiger partial charge < -0.3 is 10.5 Å². The molecule has 0 fully saturated rings. The predicted molar refractivity (Wildman–Crippen MR) is 54.9 cm³/mol. The van der Waals surface area contributed by atoms with Gasteiger partial charge in [0.05, 0.1) is 19.6 Å². The molecule has 0 heterocycles. The summed E-state index contributed by atoms with van der Waals surface area (Å²) in [7, 11) is 1.60. The Morgan fingerprint density at radius 2 is 2.29 bits per heavy atom. The molecular formula is C11H14N2O. The summed E-state index contributed by atoms with van der Waals surface area (Å²) >= 11 is 0. The maximum atomic E-state index is 8.63. The van der Waals surface area contributed by atoms with Crippen molar-refractivity contribution >= 4 is 0 Å². The number of nitrogens with zero attached hydrogens (tertiary/aromatic N) is 1. The first-order valence-corrected chi connectivity index (χ1v) is 4.48. The van der Waals surface area contributed by atoms with E-state index >= 15 is 0 Å². The Morgan fingerprint density at radius 3 is 2.79 bits per heavy atom. The van der Waals surface area contributed by atoms with Gasteiger partial charge in [0, 0.05) is 11.6 Å². The van der Waals surface area contributed by atoms with E-state index in [0.717, 1.165) is 16.9 Å². The molecule has 1 atom stereocenters. The Kier molecular flexibility index (Phi) is 3.49. The summed E-state index contributed by atoms with van der Waals surface area (Å²) in [5.41, 5.74) is 7.66. The second-order valence-electron chi connectivity index (χ2n) is 3.19. The molecule has 0 radical (unpaired) electrons. The van der Waals surface area contributed by atoms with E-state index in [1.807, 2.05) is 25.1 Å². The van der Waals surface area contributed by atoms with Gasteiger partial charge in [-0.2, -0.15) is 5.26 Å². The average molecular weight is 190 g/mol. The molecule has 0 saturated heterocycles. The summed E-state index contributed by atoms with van der Waals surface area (Å²) in [6.07, 6.45) is 0.351. The van der Waals surface area contributed by atoms with Gasteiger partial charge in [-0.05, 0) is 24.6 Å². The van der Waals surface area contributed by atoms with Gasteiger partial charge in [0.2, 0.25) is 0 Å². The van der Waals surface area contributed by atoms with Crippen LogP contribution in [0.1, 0.15) is 24.1 Å². The van der Waals surface area contributed by atoms with Gasteiger partial charge in [-0.3, -0.25) is 0 Å². The highest BCUT2D eigenvalue weighted by molar-refractivity contribution is 5.39. The first kappa shape index (κ1) is 10.6. The second kappa shape index (κ2) is 4.64. The lowest BCUT2D eigenvalue weighted by molar-refractivity contribution is 0.410. The summed E-state index contributed by atoms with van der Waals surface area (Å²) in [5, 5.41) is 8.63. The van der Waals surface area contributed by atoms with Crippen LogP contribution >= 0.6 is 0 Å². The monoisotopic (exact) mass is 190 g/mol. The number of benzene rings is 1. The number of nitriles is 1. The Hall–Kier alpha value is -1.53. The summed E-state index contributed by atoms with van der Waals surface area (Å²) in [6.45, 7) is 1.91. The zero-order valence-corrected chi connectivity index (χ0v) is 8.45. The Balaban J connectivity index is 3.08. The Bertz CT molecular complexity index is 353. The minimum absolute atomic E-state index is 0.0154. The fourth-order valence-corrected chi connectivity index (χ4v) is 1.31. The number of hydrogen-bond acceptors (Lipinski definition) is 3. The van der Waals surface area contributed by atoms with Crippen molar-refractivity contribution in [1.29, 1.82) is 5.26 Å². The number of ether oxygens (including phenoxy) is 1. The van der Waals surface area contributed by atoms with E-state index in [1.54, 1.807) is 7.11 Å². The minimum Gasteiger partial charge on any atom is -0.496 e. The summed E-state index contributed by atoms with van der Waals surface area (Å²) in [6, 6.07) is 7.79. The van der Waals surface area contributed by atoms with E-state index in [1.165, 1.54) is 0 Å². The van der Waals surface area contributed by atoms with Crippen LogP contribution in [0.15, 0.2) is 18.2 Å². The zero-order chi connectivity index (χ0) is 10.6. The van der Waals surface area contributed by atoms with E-state index < -0.39 is 0 Å². The molecule has 14 heavy (non-hydrogen) atoms. The highest BCUT2D eigenvalue weighted by Gasteiger charge is 2.06. The van der Waals surface area contributed by atoms with Gasteiger partial charge in [-0.15, -0.1) is 0 Å². The van der Waals surface area contributed by atoms with Gasteiger partial charge in [0.25, 0.3) is 0 Å². The summed E-state index contributed by atoms with van der Waals surface area (Å²) in [4.78, 5) is 0. The van der Waals surface area contributed by atoms with Crippen molar-refractivity contribution in [2.24, 2.45) is 5.73 Å². The maximum absolute atomic E-state index is 8.63. The lowest BCUT2D eigenvalue weighted by Crippen LogP contribution is -2.05. The van der Waals surface area contributed by atoms with Crippen LogP contribution in [0, 0.1) is 11.3 Å². The number of nitrogens with two attached hydrogens (primary N) is 1. The van der Waals surface area contributed by atoms with E-state index in [4.69, 9.17) is 15.7 Å². The highest BCUT2D eigenvalue weighted by Crippen LogP contribution is 2.22. The molecule has 0 saturated carbocycles. The number of rotatable bonds is 3. The lowest BCUT2D eigenvalue weighted by Gasteiger charge is -2.10. The fraction of sp³-hybridized carbons (Fsp3) is 0.364. The van der Waals surface area contributed by atoms with Crippen molar-refractivity contribution in [1.82, 2.24) is 0 Å². The van der Waals surface area contributed by atoms with E-state index in [0.29, 0.717) is 6.42 Å². The SMILES string of the molecule is COc1ccc([C@H](C)N)cc1CC#N. The molecule has 3 nitrogen and oxygen atoms in total. The quantitative estimate of drug-likeness (QED) is 0.790. The molecule has 0 aliphatic carbocycles. The van der Waals surface area contributed by atoms with Crippen LogP contribution in [0.5, 0.6) is 5.75 Å². The molecule has 0 amide bonds. The predicted octanol–water partition coefficient (Wildman–Crippen LogP) is 1.78. The minimum atomic E-state index is -0.0154. The third-order valence-corrected chi connectivity index (χ3v) is 2.10. The fourth-order valence-electron chi connectivity index (χ4n) is 1.31. The van der Waals surface area contributed by atoms with Crippen LogP contribution in [0.2, 0.25) is 0 Å². The highest BCUT2D eigenvalue weighted by atomic mass is 16.5. The summed E-state index contributed by atoms with van der Waals surface area (Å²) in [5.74, 6) is 0.746. The first-order chi connectivity index (χ1) is 6.69. The molecule has 1 aromatic rings. The van der Waals surface area contributed by atoms with Gasteiger partial charge in [-0.25, -0.2) is 0 Å². The molecular weight excluding hydrogens is 176 g/mol. The second-order valence-corrected chi connectivity index (χ2v) is 3.19. The smallest absolute Gasteiger partial charge is 0.123 e.